The predicted octanol–water partition coefficient (Wildman–Crippen LogP) is 2.66. The monoisotopic (exact) mass is 190 g/mol. The average molecular weight is 190 g/mol. The number of hydrogen-bond acceptors (Lipinski definition) is 1. The van der Waals surface area contributed by atoms with Crippen molar-refractivity contribution < 1.29 is 5.11 Å². The normalized spacial score (nSPS) is 21.0. The molecular formula is C13H18O. The van der Waals surface area contributed by atoms with E-state index in [9.17, 15) is 5.11 Å². The highest BCUT2D eigenvalue weighted by Gasteiger charge is 2.16. The Hall–Kier alpha value is -0.820. The molecule has 0 fully saturated rings. The van der Waals surface area contributed by atoms with Gasteiger partial charge in [-0.15, -0.1) is 0 Å². The summed E-state index contributed by atoms with van der Waals surface area (Å²) < 4.78 is 0. The maximum atomic E-state index is 9.53. The summed E-state index contributed by atoms with van der Waals surface area (Å²) in [6.45, 7) is 4.44. The maximum absolute atomic E-state index is 9.53. The van der Waals surface area contributed by atoms with Crippen LogP contribution in [0, 0.1) is 0 Å². The molecule has 0 saturated carbocycles. The minimum Gasteiger partial charge on any atom is -0.393 e. The third kappa shape index (κ3) is 1.83. The highest BCUT2D eigenvalue weighted by atomic mass is 16.3. The smallest absolute Gasteiger partial charge is 0.0583 e. The molecule has 0 aliphatic heterocycles. The lowest BCUT2D eigenvalue weighted by Gasteiger charge is -2.21. The predicted molar refractivity (Wildman–Crippen MR) is 58.6 cm³/mol. The molecule has 0 amide bonds. The van der Waals surface area contributed by atoms with Gasteiger partial charge in [0.15, 0.2) is 0 Å². The van der Waals surface area contributed by atoms with Crippen molar-refractivity contribution in [2.24, 2.45) is 0 Å². The van der Waals surface area contributed by atoms with Crippen molar-refractivity contribution in [1.82, 2.24) is 0 Å². The standard InChI is InChI=1S/C13H18O/c1-9(2)10-3-4-12-8-13(14)6-5-11(12)7-10/h3-4,7,9,13-14H,5-6,8H2,1-2H3. The first kappa shape index (κ1) is 9.72. The third-order valence-electron chi connectivity index (χ3n) is 3.10. The minimum absolute atomic E-state index is 0.118. The topological polar surface area (TPSA) is 20.2 Å². The van der Waals surface area contributed by atoms with E-state index in [0.717, 1.165) is 19.3 Å². The van der Waals surface area contributed by atoms with Crippen LogP contribution in [0.2, 0.25) is 0 Å². The zero-order chi connectivity index (χ0) is 10.1. The number of benzene rings is 1. The van der Waals surface area contributed by atoms with E-state index in [-0.39, 0.29) is 6.10 Å². The Morgan fingerprint density at radius 3 is 2.79 bits per heavy atom. The molecule has 0 bridgehead atoms. The molecule has 1 heteroatoms. The number of hydrogen-bond donors (Lipinski definition) is 1. The van der Waals surface area contributed by atoms with Crippen molar-refractivity contribution in [2.45, 2.75) is 45.1 Å². The van der Waals surface area contributed by atoms with Crippen LogP contribution in [0.15, 0.2) is 18.2 Å². The molecule has 14 heavy (non-hydrogen) atoms. The van der Waals surface area contributed by atoms with E-state index in [4.69, 9.17) is 0 Å². The molecule has 1 unspecified atom stereocenters. The van der Waals surface area contributed by atoms with Gasteiger partial charge in [-0.1, -0.05) is 32.0 Å². The molecule has 1 nitrogen and oxygen atoms in total. The van der Waals surface area contributed by atoms with Crippen molar-refractivity contribution in [3.05, 3.63) is 34.9 Å². The summed E-state index contributed by atoms with van der Waals surface area (Å²) in [4.78, 5) is 0. The molecule has 2 rings (SSSR count). The zero-order valence-electron chi connectivity index (χ0n) is 8.96. The number of aliphatic hydroxyl groups excluding tert-OH is 1. The second kappa shape index (κ2) is 3.74. The fourth-order valence-corrected chi connectivity index (χ4v) is 2.11. The maximum Gasteiger partial charge on any atom is 0.0583 e. The quantitative estimate of drug-likeness (QED) is 0.722. The van der Waals surface area contributed by atoms with Gasteiger partial charge in [0.1, 0.15) is 0 Å². The van der Waals surface area contributed by atoms with E-state index in [1.165, 1.54) is 16.7 Å². The molecule has 0 saturated heterocycles. The van der Waals surface area contributed by atoms with Gasteiger partial charge in [0.25, 0.3) is 0 Å². The first-order valence-electron chi connectivity index (χ1n) is 5.46. The first-order valence-corrected chi connectivity index (χ1v) is 5.46. The van der Waals surface area contributed by atoms with E-state index in [2.05, 4.69) is 32.0 Å². The van der Waals surface area contributed by atoms with Crippen LogP contribution in [0.25, 0.3) is 0 Å². The molecule has 76 valence electrons. The van der Waals surface area contributed by atoms with Crippen LogP contribution in [-0.2, 0) is 12.8 Å². The molecule has 0 spiro atoms. The van der Waals surface area contributed by atoms with Crippen LogP contribution in [0.5, 0.6) is 0 Å². The summed E-state index contributed by atoms with van der Waals surface area (Å²) >= 11 is 0. The molecule has 1 atom stereocenters. The summed E-state index contributed by atoms with van der Waals surface area (Å²) in [5.41, 5.74) is 4.20. The molecule has 1 aliphatic rings. The van der Waals surface area contributed by atoms with Gasteiger partial charge in [-0.05, 0) is 41.9 Å². The minimum atomic E-state index is -0.118. The van der Waals surface area contributed by atoms with Crippen LogP contribution >= 0.6 is 0 Å². The number of aliphatic hydroxyl groups is 1. The Morgan fingerprint density at radius 2 is 2.07 bits per heavy atom. The molecule has 0 radical (unpaired) electrons. The second-order valence-electron chi connectivity index (χ2n) is 4.58. The third-order valence-corrected chi connectivity index (χ3v) is 3.10. The summed E-state index contributed by atoms with van der Waals surface area (Å²) in [5.74, 6) is 0.604. The van der Waals surface area contributed by atoms with Crippen LogP contribution in [0.3, 0.4) is 0 Å². The van der Waals surface area contributed by atoms with Crippen molar-refractivity contribution in [3.63, 3.8) is 0 Å². The molecule has 1 aliphatic carbocycles. The highest BCUT2D eigenvalue weighted by Crippen LogP contribution is 2.25. The van der Waals surface area contributed by atoms with E-state index in [1.54, 1.807) is 0 Å². The lowest BCUT2D eigenvalue weighted by molar-refractivity contribution is 0.158. The summed E-state index contributed by atoms with van der Waals surface area (Å²) in [6.07, 6.45) is 2.69. The molecule has 0 aromatic heterocycles. The van der Waals surface area contributed by atoms with Gasteiger partial charge in [0, 0.05) is 0 Å². The van der Waals surface area contributed by atoms with Crippen LogP contribution in [0.4, 0.5) is 0 Å². The van der Waals surface area contributed by atoms with Crippen LogP contribution in [0.1, 0.15) is 42.9 Å². The number of aryl methyl sites for hydroxylation is 1. The van der Waals surface area contributed by atoms with E-state index in [1.807, 2.05) is 0 Å². The Morgan fingerprint density at radius 1 is 1.29 bits per heavy atom. The second-order valence-corrected chi connectivity index (χ2v) is 4.58. The average Bonchev–Trinajstić information content (AvgIpc) is 2.16. The zero-order valence-corrected chi connectivity index (χ0v) is 8.96. The van der Waals surface area contributed by atoms with Gasteiger partial charge < -0.3 is 5.11 Å². The highest BCUT2D eigenvalue weighted by molar-refractivity contribution is 5.35. The molecule has 1 N–H and O–H groups in total. The van der Waals surface area contributed by atoms with E-state index in [0.29, 0.717) is 5.92 Å². The van der Waals surface area contributed by atoms with Gasteiger partial charge in [-0.2, -0.15) is 0 Å². The summed E-state index contributed by atoms with van der Waals surface area (Å²) in [6, 6.07) is 6.69. The van der Waals surface area contributed by atoms with Gasteiger partial charge in [-0.25, -0.2) is 0 Å². The first-order chi connectivity index (χ1) is 6.66. The number of fused-ring (bicyclic) bond motifs is 1. The Bertz CT molecular complexity index is 328. The van der Waals surface area contributed by atoms with Crippen LogP contribution in [-0.4, -0.2) is 11.2 Å². The van der Waals surface area contributed by atoms with Gasteiger partial charge in [0.05, 0.1) is 6.10 Å². The van der Waals surface area contributed by atoms with E-state index >= 15 is 0 Å². The van der Waals surface area contributed by atoms with Crippen molar-refractivity contribution in [2.75, 3.05) is 0 Å². The fraction of sp³-hybridized carbons (Fsp3) is 0.538. The summed E-state index contributed by atoms with van der Waals surface area (Å²) in [7, 11) is 0. The lowest BCUT2D eigenvalue weighted by atomic mass is 9.87. The van der Waals surface area contributed by atoms with E-state index < -0.39 is 0 Å². The largest absolute Gasteiger partial charge is 0.393 e. The fourth-order valence-electron chi connectivity index (χ4n) is 2.11. The molecule has 1 aromatic carbocycles. The molecular weight excluding hydrogens is 172 g/mol. The Kier molecular flexibility index (Phi) is 2.60. The van der Waals surface area contributed by atoms with Gasteiger partial charge >= 0.3 is 0 Å². The van der Waals surface area contributed by atoms with Crippen molar-refractivity contribution in [1.29, 1.82) is 0 Å². The molecule has 0 heterocycles. The lowest BCUT2D eigenvalue weighted by Crippen LogP contribution is -2.18. The Labute approximate surface area is 85.8 Å². The van der Waals surface area contributed by atoms with Crippen LogP contribution < -0.4 is 0 Å². The number of rotatable bonds is 1. The van der Waals surface area contributed by atoms with Gasteiger partial charge in [-0.3, -0.25) is 0 Å². The van der Waals surface area contributed by atoms with Gasteiger partial charge in [0.2, 0.25) is 0 Å². The summed E-state index contributed by atoms with van der Waals surface area (Å²) in [5, 5.41) is 9.53. The van der Waals surface area contributed by atoms with Crippen molar-refractivity contribution >= 4 is 0 Å². The Balaban J connectivity index is 2.31. The van der Waals surface area contributed by atoms with Crippen molar-refractivity contribution in [3.8, 4) is 0 Å². The molecule has 1 aromatic rings. The SMILES string of the molecule is CC(C)c1ccc2c(c1)CCC(O)C2.